The van der Waals surface area contributed by atoms with E-state index in [1.165, 1.54) is 4.90 Å². The van der Waals surface area contributed by atoms with Crippen LogP contribution in [-0.4, -0.2) is 36.8 Å². The van der Waals surface area contributed by atoms with Crippen molar-refractivity contribution in [2.75, 3.05) is 19.6 Å². The minimum atomic E-state index is -4.11. The Balaban J connectivity index is 2.37. The Morgan fingerprint density at radius 2 is 2.07 bits per heavy atom. The molecule has 0 spiro atoms. The van der Waals surface area contributed by atoms with Gasteiger partial charge >= 0.3 is 6.18 Å². The molecular weight excluding hydrogens is 205 g/mol. The quantitative estimate of drug-likeness (QED) is 0.734. The van der Waals surface area contributed by atoms with Gasteiger partial charge in [-0.1, -0.05) is 19.1 Å². The van der Waals surface area contributed by atoms with Gasteiger partial charge in [0, 0.05) is 12.6 Å². The van der Waals surface area contributed by atoms with Crippen molar-refractivity contribution in [3.05, 3.63) is 12.2 Å². The number of hydrogen-bond acceptors (Lipinski definition) is 2. The second-order valence-corrected chi connectivity index (χ2v) is 3.99. The molecule has 2 atom stereocenters. The van der Waals surface area contributed by atoms with Gasteiger partial charge in [0.2, 0.25) is 0 Å². The van der Waals surface area contributed by atoms with Crippen LogP contribution < -0.4 is 5.73 Å². The van der Waals surface area contributed by atoms with E-state index in [0.717, 1.165) is 6.42 Å². The Morgan fingerprint density at radius 3 is 2.47 bits per heavy atom. The Bertz CT molecular complexity index is 225. The molecule has 0 bridgehead atoms. The van der Waals surface area contributed by atoms with E-state index in [4.69, 9.17) is 5.73 Å². The first-order valence-corrected chi connectivity index (χ1v) is 5.13. The summed E-state index contributed by atoms with van der Waals surface area (Å²) >= 11 is 0. The van der Waals surface area contributed by atoms with Crippen molar-refractivity contribution >= 4 is 0 Å². The minimum absolute atomic E-state index is 0.0135. The molecule has 15 heavy (non-hydrogen) atoms. The minimum Gasteiger partial charge on any atom is -0.324 e. The van der Waals surface area contributed by atoms with Crippen molar-refractivity contribution < 1.29 is 13.2 Å². The van der Waals surface area contributed by atoms with Crippen LogP contribution in [0.3, 0.4) is 0 Å². The molecule has 0 aromatic rings. The van der Waals surface area contributed by atoms with Crippen LogP contribution in [-0.2, 0) is 0 Å². The van der Waals surface area contributed by atoms with E-state index in [1.54, 1.807) is 6.92 Å². The Labute approximate surface area is 87.9 Å². The number of rotatable bonds is 4. The van der Waals surface area contributed by atoms with Crippen LogP contribution in [0.4, 0.5) is 13.2 Å². The van der Waals surface area contributed by atoms with Gasteiger partial charge in [0.05, 0.1) is 6.54 Å². The Morgan fingerprint density at radius 1 is 1.40 bits per heavy atom. The molecule has 0 saturated carbocycles. The van der Waals surface area contributed by atoms with Crippen LogP contribution in [0.15, 0.2) is 12.2 Å². The van der Waals surface area contributed by atoms with Crippen molar-refractivity contribution in [1.29, 1.82) is 0 Å². The van der Waals surface area contributed by atoms with Gasteiger partial charge < -0.3 is 5.73 Å². The molecule has 2 nitrogen and oxygen atoms in total. The summed E-state index contributed by atoms with van der Waals surface area (Å²) in [4.78, 5) is 1.41. The van der Waals surface area contributed by atoms with Crippen LogP contribution in [0.5, 0.6) is 0 Å². The van der Waals surface area contributed by atoms with Crippen LogP contribution in [0, 0.1) is 5.92 Å². The molecule has 0 aromatic carbocycles. The fourth-order valence-electron chi connectivity index (χ4n) is 1.83. The lowest BCUT2D eigenvalue weighted by molar-refractivity contribution is -0.146. The highest BCUT2D eigenvalue weighted by Crippen LogP contribution is 2.21. The number of nitrogens with two attached hydrogens (primary N) is 1. The van der Waals surface area contributed by atoms with Crippen LogP contribution in [0.2, 0.25) is 0 Å². The second-order valence-electron chi connectivity index (χ2n) is 3.99. The van der Waals surface area contributed by atoms with Gasteiger partial charge in [-0.3, -0.25) is 4.90 Å². The highest BCUT2D eigenvalue weighted by Gasteiger charge is 2.31. The lowest BCUT2D eigenvalue weighted by Crippen LogP contribution is -2.37. The number of hydrogen-bond donors (Lipinski definition) is 1. The normalized spacial score (nSPS) is 26.5. The molecule has 5 heteroatoms. The lowest BCUT2D eigenvalue weighted by atomic mass is 10.1. The van der Waals surface area contributed by atoms with Gasteiger partial charge in [0.1, 0.15) is 0 Å². The zero-order valence-corrected chi connectivity index (χ0v) is 8.80. The molecule has 0 amide bonds. The lowest BCUT2D eigenvalue weighted by Gasteiger charge is -2.24. The van der Waals surface area contributed by atoms with E-state index in [2.05, 4.69) is 0 Å². The van der Waals surface area contributed by atoms with Gasteiger partial charge in [-0.15, -0.1) is 0 Å². The molecule has 0 heterocycles. The van der Waals surface area contributed by atoms with E-state index >= 15 is 0 Å². The predicted octanol–water partition coefficient (Wildman–Crippen LogP) is 1.77. The van der Waals surface area contributed by atoms with E-state index in [1.807, 2.05) is 12.2 Å². The monoisotopic (exact) mass is 222 g/mol. The average Bonchev–Trinajstić information content (AvgIpc) is 2.47. The number of alkyl halides is 3. The maximum Gasteiger partial charge on any atom is 0.401 e. The largest absolute Gasteiger partial charge is 0.401 e. The molecule has 2 unspecified atom stereocenters. The van der Waals surface area contributed by atoms with Crippen LogP contribution in [0.25, 0.3) is 0 Å². The SMILES string of the molecule is CCN(CC1C=CC(N)C1)CC(F)(F)F. The smallest absolute Gasteiger partial charge is 0.324 e. The number of nitrogens with zero attached hydrogens (tertiary/aromatic N) is 1. The summed E-state index contributed by atoms with van der Waals surface area (Å²) in [5, 5.41) is 0. The highest BCUT2D eigenvalue weighted by atomic mass is 19.4. The summed E-state index contributed by atoms with van der Waals surface area (Å²) in [7, 11) is 0. The molecule has 1 aliphatic rings. The second kappa shape index (κ2) is 4.99. The highest BCUT2D eigenvalue weighted by molar-refractivity contribution is 5.05. The first-order chi connectivity index (χ1) is 6.90. The zero-order valence-electron chi connectivity index (χ0n) is 8.80. The van der Waals surface area contributed by atoms with E-state index in [-0.39, 0.29) is 12.0 Å². The van der Waals surface area contributed by atoms with Gasteiger partial charge in [0.25, 0.3) is 0 Å². The summed E-state index contributed by atoms with van der Waals surface area (Å²) in [5.41, 5.74) is 5.64. The van der Waals surface area contributed by atoms with Crippen molar-refractivity contribution in [1.82, 2.24) is 4.90 Å². The fraction of sp³-hybridized carbons (Fsp3) is 0.800. The van der Waals surface area contributed by atoms with Crippen molar-refractivity contribution in [2.24, 2.45) is 11.7 Å². The fourth-order valence-corrected chi connectivity index (χ4v) is 1.83. The summed E-state index contributed by atoms with van der Waals surface area (Å²) in [6.07, 6.45) is 0.435. The van der Waals surface area contributed by atoms with Gasteiger partial charge in [-0.2, -0.15) is 13.2 Å². The van der Waals surface area contributed by atoms with Gasteiger partial charge in [0.15, 0.2) is 0 Å². The van der Waals surface area contributed by atoms with E-state index in [9.17, 15) is 13.2 Å². The molecule has 2 N–H and O–H groups in total. The molecule has 88 valence electrons. The molecule has 0 aliphatic heterocycles. The van der Waals surface area contributed by atoms with Crippen molar-refractivity contribution in [3.8, 4) is 0 Å². The molecular formula is C10H17F3N2. The average molecular weight is 222 g/mol. The van der Waals surface area contributed by atoms with Crippen molar-refractivity contribution in [2.45, 2.75) is 25.6 Å². The third kappa shape index (κ3) is 4.66. The predicted molar refractivity (Wildman–Crippen MR) is 53.4 cm³/mol. The zero-order chi connectivity index (χ0) is 11.5. The van der Waals surface area contributed by atoms with E-state index in [0.29, 0.717) is 13.1 Å². The first-order valence-electron chi connectivity index (χ1n) is 5.13. The summed E-state index contributed by atoms with van der Waals surface area (Å²) in [6, 6.07) is 0.0135. The molecule has 0 saturated heterocycles. The van der Waals surface area contributed by atoms with Gasteiger partial charge in [-0.05, 0) is 18.9 Å². The third-order valence-corrected chi connectivity index (χ3v) is 2.55. The van der Waals surface area contributed by atoms with Crippen LogP contribution >= 0.6 is 0 Å². The third-order valence-electron chi connectivity index (χ3n) is 2.55. The standard InChI is InChI=1S/C10H17F3N2/c1-2-15(7-10(11,12)13)6-8-3-4-9(14)5-8/h3-4,8-9H,2,5-7,14H2,1H3. The van der Waals surface area contributed by atoms with Crippen molar-refractivity contribution in [3.63, 3.8) is 0 Å². The molecule has 0 aromatic heterocycles. The number of halogens is 3. The topological polar surface area (TPSA) is 29.3 Å². The molecule has 1 aliphatic carbocycles. The molecule has 1 rings (SSSR count). The summed E-state index contributed by atoms with van der Waals surface area (Å²) < 4.78 is 36.5. The van der Waals surface area contributed by atoms with E-state index < -0.39 is 12.7 Å². The summed E-state index contributed by atoms with van der Waals surface area (Å²) in [5.74, 6) is 0.169. The first kappa shape index (κ1) is 12.5. The molecule has 0 radical (unpaired) electrons. The Hall–Kier alpha value is -0.550. The maximum atomic E-state index is 12.2. The maximum absolute atomic E-state index is 12.2. The van der Waals surface area contributed by atoms with Gasteiger partial charge in [-0.25, -0.2) is 0 Å². The summed E-state index contributed by atoms with van der Waals surface area (Å²) in [6.45, 7) is 1.77. The Kier molecular flexibility index (Phi) is 4.16. The van der Waals surface area contributed by atoms with Crippen LogP contribution in [0.1, 0.15) is 13.3 Å². The molecule has 0 fully saturated rings.